The molecule has 0 aliphatic heterocycles. The standard InChI is InChI=1S/C9H10F3N3O2S2/c1-15(4-9(10,11)12)8-7(19(2,16)17)6(14)5(3-13)18-8/h4,14H2,1-2H3. The Morgan fingerprint density at radius 2 is 2.00 bits per heavy atom. The van der Waals surface area contributed by atoms with Crippen LogP contribution in [-0.2, 0) is 9.84 Å². The van der Waals surface area contributed by atoms with Crippen LogP contribution in [0.1, 0.15) is 4.88 Å². The summed E-state index contributed by atoms with van der Waals surface area (Å²) in [5, 5.41) is 8.59. The van der Waals surface area contributed by atoms with Crippen molar-refractivity contribution < 1.29 is 21.6 Å². The summed E-state index contributed by atoms with van der Waals surface area (Å²) in [6, 6.07) is 1.67. The average molecular weight is 313 g/mol. The van der Waals surface area contributed by atoms with Gasteiger partial charge < -0.3 is 10.6 Å². The van der Waals surface area contributed by atoms with Crippen molar-refractivity contribution in [3.05, 3.63) is 4.88 Å². The smallest absolute Gasteiger partial charge is 0.396 e. The van der Waals surface area contributed by atoms with E-state index in [1.165, 1.54) is 0 Å². The van der Waals surface area contributed by atoms with Crippen LogP contribution in [0, 0.1) is 11.3 Å². The van der Waals surface area contributed by atoms with Crippen LogP contribution >= 0.6 is 11.3 Å². The molecule has 0 radical (unpaired) electrons. The largest absolute Gasteiger partial charge is 0.405 e. The van der Waals surface area contributed by atoms with Gasteiger partial charge in [-0.15, -0.1) is 11.3 Å². The predicted molar refractivity (Wildman–Crippen MR) is 65.9 cm³/mol. The summed E-state index contributed by atoms with van der Waals surface area (Å²) in [5.41, 5.74) is 5.20. The number of thiophene rings is 1. The van der Waals surface area contributed by atoms with Gasteiger partial charge in [-0.2, -0.15) is 18.4 Å². The van der Waals surface area contributed by atoms with E-state index in [0.29, 0.717) is 11.3 Å². The Morgan fingerprint density at radius 3 is 2.37 bits per heavy atom. The number of hydrogen-bond acceptors (Lipinski definition) is 6. The fourth-order valence-corrected chi connectivity index (χ4v) is 3.94. The second kappa shape index (κ2) is 4.90. The van der Waals surface area contributed by atoms with E-state index in [0.717, 1.165) is 18.2 Å². The summed E-state index contributed by atoms with van der Waals surface area (Å²) in [6.45, 7) is -1.33. The molecule has 0 unspecified atom stereocenters. The Kier molecular flexibility index (Phi) is 4.02. The summed E-state index contributed by atoms with van der Waals surface area (Å²) in [4.78, 5) is 0.170. The molecule has 19 heavy (non-hydrogen) atoms. The van der Waals surface area contributed by atoms with Crippen LogP contribution in [0.3, 0.4) is 0 Å². The van der Waals surface area contributed by atoms with Crippen molar-refractivity contribution in [2.75, 3.05) is 30.5 Å². The average Bonchev–Trinajstić information content (AvgIpc) is 2.52. The van der Waals surface area contributed by atoms with Gasteiger partial charge in [0.15, 0.2) is 9.84 Å². The van der Waals surface area contributed by atoms with Gasteiger partial charge in [-0.05, 0) is 0 Å². The minimum Gasteiger partial charge on any atom is -0.396 e. The summed E-state index contributed by atoms with van der Waals surface area (Å²) in [5.74, 6) is 0. The Bertz CT molecular complexity index is 628. The molecular formula is C9H10F3N3O2S2. The number of sulfone groups is 1. The number of hydrogen-bond donors (Lipinski definition) is 1. The molecule has 0 bridgehead atoms. The fourth-order valence-electron chi connectivity index (χ4n) is 1.45. The number of nitrogen functional groups attached to an aromatic ring is 1. The van der Waals surface area contributed by atoms with Crippen molar-refractivity contribution >= 4 is 31.9 Å². The van der Waals surface area contributed by atoms with Crippen molar-refractivity contribution in [1.29, 1.82) is 5.26 Å². The molecule has 0 atom stereocenters. The van der Waals surface area contributed by atoms with E-state index in [1.54, 1.807) is 6.07 Å². The highest BCUT2D eigenvalue weighted by Gasteiger charge is 2.33. The van der Waals surface area contributed by atoms with Gasteiger partial charge >= 0.3 is 6.18 Å². The Hall–Kier alpha value is -1.47. The molecule has 1 rings (SSSR count). The van der Waals surface area contributed by atoms with Crippen LogP contribution < -0.4 is 10.6 Å². The lowest BCUT2D eigenvalue weighted by atomic mass is 10.4. The summed E-state index contributed by atoms with van der Waals surface area (Å²) >= 11 is 0.622. The van der Waals surface area contributed by atoms with E-state index < -0.39 is 27.5 Å². The maximum atomic E-state index is 12.3. The number of anilines is 2. The van der Waals surface area contributed by atoms with E-state index in [2.05, 4.69) is 0 Å². The molecule has 0 aliphatic rings. The predicted octanol–water partition coefficient (Wildman–Crippen LogP) is 1.60. The van der Waals surface area contributed by atoms with E-state index in [4.69, 9.17) is 11.0 Å². The Morgan fingerprint density at radius 1 is 1.47 bits per heavy atom. The quantitative estimate of drug-likeness (QED) is 0.916. The highest BCUT2D eigenvalue weighted by Crippen LogP contribution is 2.41. The third kappa shape index (κ3) is 3.51. The highest BCUT2D eigenvalue weighted by molar-refractivity contribution is 7.91. The summed E-state index contributed by atoms with van der Waals surface area (Å²) in [7, 11) is -2.74. The maximum absolute atomic E-state index is 12.3. The van der Waals surface area contributed by atoms with Crippen LogP contribution in [0.15, 0.2) is 4.90 Å². The number of halogens is 3. The molecule has 1 heterocycles. The zero-order valence-electron chi connectivity index (χ0n) is 9.95. The van der Waals surface area contributed by atoms with E-state index >= 15 is 0 Å². The number of alkyl halides is 3. The van der Waals surface area contributed by atoms with Gasteiger partial charge in [0.25, 0.3) is 0 Å². The first-order chi connectivity index (χ1) is 8.47. The molecule has 2 N–H and O–H groups in total. The molecule has 106 valence electrons. The van der Waals surface area contributed by atoms with Crippen LogP contribution in [0.25, 0.3) is 0 Å². The molecule has 1 aromatic heterocycles. The molecule has 0 spiro atoms. The van der Waals surface area contributed by atoms with Crippen molar-refractivity contribution in [3.63, 3.8) is 0 Å². The fraction of sp³-hybridized carbons (Fsp3) is 0.444. The maximum Gasteiger partial charge on any atom is 0.405 e. The van der Waals surface area contributed by atoms with Crippen molar-refractivity contribution in [1.82, 2.24) is 0 Å². The van der Waals surface area contributed by atoms with Crippen LogP contribution in [0.4, 0.5) is 23.9 Å². The molecule has 1 aromatic rings. The van der Waals surface area contributed by atoms with Crippen molar-refractivity contribution in [2.45, 2.75) is 11.1 Å². The second-order valence-electron chi connectivity index (χ2n) is 3.83. The molecule has 0 aromatic carbocycles. The van der Waals surface area contributed by atoms with Gasteiger partial charge in [0.2, 0.25) is 0 Å². The van der Waals surface area contributed by atoms with Gasteiger partial charge in [0, 0.05) is 13.3 Å². The number of nitrogens with two attached hydrogens (primary N) is 1. The van der Waals surface area contributed by atoms with Crippen LogP contribution in [0.5, 0.6) is 0 Å². The molecule has 10 heteroatoms. The second-order valence-corrected chi connectivity index (χ2v) is 6.79. The monoisotopic (exact) mass is 313 g/mol. The van der Waals surface area contributed by atoms with E-state index in [9.17, 15) is 21.6 Å². The summed E-state index contributed by atoms with van der Waals surface area (Å²) in [6.07, 6.45) is -3.66. The highest BCUT2D eigenvalue weighted by atomic mass is 32.2. The Labute approximate surface area is 112 Å². The zero-order chi connectivity index (χ0) is 15.0. The topological polar surface area (TPSA) is 87.2 Å². The minimum absolute atomic E-state index is 0.121. The van der Waals surface area contributed by atoms with Gasteiger partial charge in [-0.25, -0.2) is 8.42 Å². The first kappa shape index (κ1) is 15.6. The molecule has 0 fully saturated rings. The lowest BCUT2D eigenvalue weighted by Gasteiger charge is -2.20. The molecule has 0 aliphatic carbocycles. The van der Waals surface area contributed by atoms with Crippen molar-refractivity contribution in [3.8, 4) is 6.07 Å². The third-order valence-corrected chi connectivity index (χ3v) is 4.63. The zero-order valence-corrected chi connectivity index (χ0v) is 11.6. The van der Waals surface area contributed by atoms with Crippen LogP contribution in [-0.4, -0.2) is 34.4 Å². The molecule has 0 saturated heterocycles. The van der Waals surface area contributed by atoms with Gasteiger partial charge in [-0.1, -0.05) is 0 Å². The lowest BCUT2D eigenvalue weighted by Crippen LogP contribution is -2.31. The summed E-state index contributed by atoms with van der Waals surface area (Å²) < 4.78 is 60.1. The molecule has 0 saturated carbocycles. The lowest BCUT2D eigenvalue weighted by molar-refractivity contribution is -0.119. The van der Waals surface area contributed by atoms with Gasteiger partial charge in [0.05, 0.1) is 5.69 Å². The number of nitrogens with zero attached hydrogens (tertiary/aromatic N) is 2. The number of nitriles is 1. The molecule has 5 nitrogen and oxygen atoms in total. The number of rotatable bonds is 3. The van der Waals surface area contributed by atoms with E-state index in [1.807, 2.05) is 0 Å². The van der Waals surface area contributed by atoms with Gasteiger partial charge in [-0.3, -0.25) is 0 Å². The third-order valence-electron chi connectivity index (χ3n) is 2.12. The molecular weight excluding hydrogens is 303 g/mol. The minimum atomic E-state index is -4.49. The van der Waals surface area contributed by atoms with Crippen molar-refractivity contribution in [2.24, 2.45) is 0 Å². The Balaban J connectivity index is 3.41. The normalized spacial score (nSPS) is 12.2. The first-order valence-corrected chi connectivity index (χ1v) is 7.48. The van der Waals surface area contributed by atoms with Gasteiger partial charge in [0.1, 0.15) is 27.4 Å². The van der Waals surface area contributed by atoms with E-state index in [-0.39, 0.29) is 15.6 Å². The molecule has 0 amide bonds. The SMILES string of the molecule is CN(CC(F)(F)F)c1sc(C#N)c(N)c1S(C)(=O)=O. The first-order valence-electron chi connectivity index (χ1n) is 4.77. The van der Waals surface area contributed by atoms with Crippen LogP contribution in [0.2, 0.25) is 0 Å².